The number of benzene rings is 2. The maximum absolute atomic E-state index is 13.1. The zero-order valence-corrected chi connectivity index (χ0v) is 16.1. The minimum atomic E-state index is -3.79. The zero-order valence-electron chi connectivity index (χ0n) is 14.6. The number of nitrogens with zero attached hydrogens (tertiary/aromatic N) is 1. The number of rotatable bonds is 2. The van der Waals surface area contributed by atoms with Gasteiger partial charge in [0.15, 0.2) is 5.75 Å². The molecule has 0 atom stereocenters. The van der Waals surface area contributed by atoms with E-state index in [9.17, 15) is 13.2 Å². The minimum Gasteiger partial charge on any atom is -0.454 e. The SMILES string of the molecule is O=C1Nc2ccccc2Oc2cc(Cl)c(S(=O)(=O)N3CCCCCC3)cc21. The van der Waals surface area contributed by atoms with Crippen LogP contribution in [0.2, 0.25) is 5.02 Å². The van der Waals surface area contributed by atoms with Crippen LogP contribution >= 0.6 is 11.6 Å². The number of hydrogen-bond acceptors (Lipinski definition) is 4. The standard InChI is InChI=1S/C19H19ClN2O4S/c20-14-12-17-13(19(23)21-15-7-3-4-8-16(15)26-17)11-18(14)27(24,25)22-9-5-1-2-6-10-22/h3-4,7-8,11-12H,1-2,5-6,9-10H2,(H,21,23). The molecular weight excluding hydrogens is 388 g/mol. The highest BCUT2D eigenvalue weighted by molar-refractivity contribution is 7.89. The number of carbonyl (C=O) groups excluding carboxylic acids is 1. The topological polar surface area (TPSA) is 75.7 Å². The van der Waals surface area contributed by atoms with Crippen molar-refractivity contribution in [2.75, 3.05) is 18.4 Å². The summed E-state index contributed by atoms with van der Waals surface area (Å²) in [6.45, 7) is 0.924. The first-order valence-corrected chi connectivity index (χ1v) is 10.7. The molecule has 0 bridgehead atoms. The third kappa shape index (κ3) is 3.42. The molecule has 8 heteroatoms. The molecule has 0 saturated carbocycles. The summed E-state index contributed by atoms with van der Waals surface area (Å²) in [5, 5.41) is 2.80. The summed E-state index contributed by atoms with van der Waals surface area (Å²) in [7, 11) is -3.79. The average molecular weight is 407 g/mol. The molecule has 0 spiro atoms. The second-order valence-corrected chi connectivity index (χ2v) is 8.96. The maximum Gasteiger partial charge on any atom is 0.259 e. The summed E-state index contributed by atoms with van der Waals surface area (Å²) >= 11 is 6.32. The van der Waals surface area contributed by atoms with Gasteiger partial charge in [0.2, 0.25) is 10.0 Å². The van der Waals surface area contributed by atoms with Crippen molar-refractivity contribution in [3.05, 3.63) is 47.0 Å². The molecule has 1 saturated heterocycles. The molecule has 2 aliphatic rings. The van der Waals surface area contributed by atoms with Crippen LogP contribution in [-0.2, 0) is 10.0 Å². The number of nitrogens with one attached hydrogen (secondary N) is 1. The van der Waals surface area contributed by atoms with Gasteiger partial charge in [-0.25, -0.2) is 8.42 Å². The van der Waals surface area contributed by atoms with Crippen LogP contribution in [0.4, 0.5) is 5.69 Å². The smallest absolute Gasteiger partial charge is 0.259 e. The molecule has 1 amide bonds. The van der Waals surface area contributed by atoms with Crippen LogP contribution in [0.15, 0.2) is 41.3 Å². The van der Waals surface area contributed by atoms with E-state index in [0.29, 0.717) is 24.5 Å². The third-order valence-electron chi connectivity index (χ3n) is 4.82. The van der Waals surface area contributed by atoms with Crippen molar-refractivity contribution >= 4 is 33.2 Å². The van der Waals surface area contributed by atoms with E-state index in [2.05, 4.69) is 5.32 Å². The average Bonchev–Trinajstić information content (AvgIpc) is 2.98. The van der Waals surface area contributed by atoms with Crippen molar-refractivity contribution < 1.29 is 17.9 Å². The molecule has 2 aliphatic heterocycles. The molecule has 4 rings (SSSR count). The summed E-state index contributed by atoms with van der Waals surface area (Å²) < 4.78 is 33.5. The second-order valence-electron chi connectivity index (χ2n) is 6.65. The van der Waals surface area contributed by atoms with E-state index in [-0.39, 0.29) is 21.2 Å². The summed E-state index contributed by atoms with van der Waals surface area (Å²) in [6, 6.07) is 9.73. The lowest BCUT2D eigenvalue weighted by molar-refractivity contribution is 0.102. The molecular formula is C19H19ClN2O4S. The highest BCUT2D eigenvalue weighted by atomic mass is 35.5. The van der Waals surface area contributed by atoms with Gasteiger partial charge < -0.3 is 10.1 Å². The van der Waals surface area contributed by atoms with Crippen LogP contribution in [-0.4, -0.2) is 31.7 Å². The van der Waals surface area contributed by atoms with Gasteiger partial charge >= 0.3 is 0 Å². The Bertz CT molecular complexity index is 999. The Morgan fingerprint density at radius 3 is 2.44 bits per heavy atom. The van der Waals surface area contributed by atoms with E-state index in [1.54, 1.807) is 24.3 Å². The second kappa shape index (κ2) is 7.14. The van der Waals surface area contributed by atoms with Crippen molar-refractivity contribution in [1.29, 1.82) is 0 Å². The zero-order chi connectivity index (χ0) is 19.0. The van der Waals surface area contributed by atoms with E-state index in [0.717, 1.165) is 25.7 Å². The molecule has 1 N–H and O–H groups in total. The van der Waals surface area contributed by atoms with Gasteiger partial charge in [-0.15, -0.1) is 0 Å². The molecule has 2 aromatic carbocycles. The van der Waals surface area contributed by atoms with Crippen LogP contribution in [0.5, 0.6) is 11.5 Å². The molecule has 2 heterocycles. The van der Waals surface area contributed by atoms with Crippen LogP contribution < -0.4 is 10.1 Å². The van der Waals surface area contributed by atoms with E-state index in [1.165, 1.54) is 16.4 Å². The van der Waals surface area contributed by atoms with Gasteiger partial charge in [0.05, 0.1) is 16.3 Å². The van der Waals surface area contributed by atoms with E-state index in [1.807, 2.05) is 0 Å². The number of fused-ring (bicyclic) bond motifs is 2. The fourth-order valence-electron chi connectivity index (χ4n) is 3.38. The Morgan fingerprint density at radius 1 is 1.00 bits per heavy atom. The summed E-state index contributed by atoms with van der Waals surface area (Å²) in [4.78, 5) is 12.6. The van der Waals surface area contributed by atoms with Crippen LogP contribution in [0.25, 0.3) is 0 Å². The lowest BCUT2D eigenvalue weighted by Crippen LogP contribution is -2.32. The Balaban J connectivity index is 1.77. The number of amides is 1. The number of para-hydroxylation sites is 2. The van der Waals surface area contributed by atoms with E-state index in [4.69, 9.17) is 16.3 Å². The molecule has 1 fully saturated rings. The number of ether oxygens (including phenoxy) is 1. The lowest BCUT2D eigenvalue weighted by atomic mass is 10.2. The quantitative estimate of drug-likeness (QED) is 0.808. The molecule has 27 heavy (non-hydrogen) atoms. The predicted octanol–water partition coefficient (Wildman–Crippen LogP) is 4.26. The van der Waals surface area contributed by atoms with Crippen molar-refractivity contribution in [2.45, 2.75) is 30.6 Å². The number of sulfonamides is 1. The predicted molar refractivity (Wildman–Crippen MR) is 103 cm³/mol. The van der Waals surface area contributed by atoms with Gasteiger partial charge in [-0.05, 0) is 31.0 Å². The maximum atomic E-state index is 13.1. The van der Waals surface area contributed by atoms with Crippen LogP contribution in [0.3, 0.4) is 0 Å². The first-order chi connectivity index (χ1) is 13.0. The monoisotopic (exact) mass is 406 g/mol. The van der Waals surface area contributed by atoms with E-state index >= 15 is 0 Å². The van der Waals surface area contributed by atoms with Crippen LogP contribution in [0.1, 0.15) is 36.0 Å². The summed E-state index contributed by atoms with van der Waals surface area (Å²) in [6.07, 6.45) is 3.66. The fraction of sp³-hybridized carbons (Fsp3) is 0.316. The van der Waals surface area contributed by atoms with Crippen LogP contribution in [0, 0.1) is 0 Å². The van der Waals surface area contributed by atoms with Crippen molar-refractivity contribution in [1.82, 2.24) is 4.31 Å². The molecule has 6 nitrogen and oxygen atoms in total. The molecule has 0 unspecified atom stereocenters. The van der Waals surface area contributed by atoms with Crippen molar-refractivity contribution in [3.8, 4) is 11.5 Å². The number of hydrogen-bond donors (Lipinski definition) is 1. The van der Waals surface area contributed by atoms with Gasteiger partial charge in [-0.1, -0.05) is 36.6 Å². The highest BCUT2D eigenvalue weighted by Crippen LogP contribution is 2.39. The van der Waals surface area contributed by atoms with Gasteiger partial charge in [0.1, 0.15) is 10.6 Å². The van der Waals surface area contributed by atoms with Crippen molar-refractivity contribution in [3.63, 3.8) is 0 Å². The van der Waals surface area contributed by atoms with Gasteiger partial charge in [-0.3, -0.25) is 4.79 Å². The summed E-state index contributed by atoms with van der Waals surface area (Å²) in [5.41, 5.74) is 0.663. The van der Waals surface area contributed by atoms with E-state index < -0.39 is 15.9 Å². The minimum absolute atomic E-state index is 0.0465. The first-order valence-electron chi connectivity index (χ1n) is 8.89. The third-order valence-corrected chi connectivity index (χ3v) is 7.18. The first kappa shape index (κ1) is 18.3. The molecule has 142 valence electrons. The van der Waals surface area contributed by atoms with Gasteiger partial charge in [-0.2, -0.15) is 4.31 Å². The highest BCUT2D eigenvalue weighted by Gasteiger charge is 2.31. The number of halogens is 1. The summed E-state index contributed by atoms with van der Waals surface area (Å²) in [5.74, 6) is 0.278. The lowest BCUT2D eigenvalue weighted by Gasteiger charge is -2.21. The molecule has 0 aliphatic carbocycles. The number of carbonyl (C=O) groups is 1. The van der Waals surface area contributed by atoms with Gasteiger partial charge in [0, 0.05) is 19.2 Å². The number of anilines is 1. The Hall–Kier alpha value is -2.09. The Kier molecular flexibility index (Phi) is 4.84. The molecule has 0 aromatic heterocycles. The molecule has 2 aromatic rings. The fourth-order valence-corrected chi connectivity index (χ4v) is 5.42. The normalized spacial score (nSPS) is 17.7. The molecule has 0 radical (unpaired) electrons. The Morgan fingerprint density at radius 2 is 1.70 bits per heavy atom. The largest absolute Gasteiger partial charge is 0.454 e. The van der Waals surface area contributed by atoms with Crippen molar-refractivity contribution in [2.24, 2.45) is 0 Å². The Labute approximate surface area is 163 Å². The van der Waals surface area contributed by atoms with Gasteiger partial charge in [0.25, 0.3) is 5.91 Å².